The third-order valence-electron chi connectivity index (χ3n) is 3.90. The average Bonchev–Trinajstić information content (AvgIpc) is 2.62. The van der Waals surface area contributed by atoms with Gasteiger partial charge in [-0.2, -0.15) is 0 Å². The summed E-state index contributed by atoms with van der Waals surface area (Å²) in [6, 6.07) is 15.4. The molecule has 0 aromatic heterocycles. The number of halogens is 1. The number of nitrogens with two attached hydrogens (primary N) is 1. The van der Waals surface area contributed by atoms with Gasteiger partial charge in [-0.05, 0) is 48.7 Å². The van der Waals surface area contributed by atoms with Crippen molar-refractivity contribution in [3.8, 4) is 0 Å². The summed E-state index contributed by atoms with van der Waals surface area (Å²) in [5, 5.41) is 5.39. The molecule has 0 heterocycles. The summed E-state index contributed by atoms with van der Waals surface area (Å²) in [4.78, 5) is 26.1. The van der Waals surface area contributed by atoms with Crippen LogP contribution in [0, 0.1) is 12.8 Å². The number of rotatable bonds is 7. The third kappa shape index (κ3) is 7.25. The molecule has 0 unspecified atom stereocenters. The van der Waals surface area contributed by atoms with E-state index >= 15 is 0 Å². The summed E-state index contributed by atoms with van der Waals surface area (Å²) in [6.45, 7) is 5.57. The van der Waals surface area contributed by atoms with Gasteiger partial charge in [0.15, 0.2) is 0 Å². The largest absolute Gasteiger partial charge is 0.346 e. The first-order valence-electron chi connectivity index (χ1n) is 8.53. The Hall–Kier alpha value is -2.02. The number of carbonyl (C=O) groups is 2. The SMILES string of the molecule is Cc1cc(Sc2ccccc2)ccc1NC(=O)CNC(=O)[C@@H](N)C(C)C.Cl. The normalized spacial score (nSPS) is 11.4. The van der Waals surface area contributed by atoms with Crippen LogP contribution < -0.4 is 16.4 Å². The Balaban J connectivity index is 0.00000364. The number of hydrogen-bond donors (Lipinski definition) is 3. The van der Waals surface area contributed by atoms with E-state index in [4.69, 9.17) is 5.73 Å². The number of hydrogen-bond acceptors (Lipinski definition) is 4. The van der Waals surface area contributed by atoms with Gasteiger partial charge in [0.1, 0.15) is 0 Å². The Kier molecular flexibility index (Phi) is 9.35. The van der Waals surface area contributed by atoms with E-state index in [0.717, 1.165) is 21.0 Å². The van der Waals surface area contributed by atoms with E-state index in [2.05, 4.69) is 22.8 Å². The number of anilines is 1. The molecule has 0 bridgehead atoms. The van der Waals surface area contributed by atoms with Crippen molar-refractivity contribution in [3.05, 3.63) is 54.1 Å². The second-order valence-electron chi connectivity index (χ2n) is 6.43. The van der Waals surface area contributed by atoms with Crippen LogP contribution in [0.4, 0.5) is 5.69 Å². The second-order valence-corrected chi connectivity index (χ2v) is 7.57. The molecule has 0 saturated heterocycles. The quantitative estimate of drug-likeness (QED) is 0.654. The highest BCUT2D eigenvalue weighted by Crippen LogP contribution is 2.30. The molecule has 0 aliphatic rings. The summed E-state index contributed by atoms with van der Waals surface area (Å²) >= 11 is 1.67. The standard InChI is InChI=1S/C20H25N3O2S.ClH/c1-13(2)19(21)20(25)22-12-18(24)23-17-10-9-16(11-14(17)3)26-15-7-5-4-6-8-15;/h4-11,13,19H,12,21H2,1-3H3,(H,22,25)(H,23,24);1H/t19-;/m0./s1. The summed E-state index contributed by atoms with van der Waals surface area (Å²) < 4.78 is 0. The minimum absolute atomic E-state index is 0. The van der Waals surface area contributed by atoms with Gasteiger partial charge in [-0.15, -0.1) is 12.4 Å². The topological polar surface area (TPSA) is 84.2 Å². The molecule has 27 heavy (non-hydrogen) atoms. The van der Waals surface area contributed by atoms with Crippen LogP contribution in [0.5, 0.6) is 0 Å². The van der Waals surface area contributed by atoms with Crippen LogP contribution >= 0.6 is 24.2 Å². The van der Waals surface area contributed by atoms with E-state index in [-0.39, 0.29) is 36.7 Å². The highest BCUT2D eigenvalue weighted by molar-refractivity contribution is 7.99. The lowest BCUT2D eigenvalue weighted by atomic mass is 10.1. The molecule has 2 rings (SSSR count). The van der Waals surface area contributed by atoms with E-state index in [0.29, 0.717) is 0 Å². The van der Waals surface area contributed by atoms with Gasteiger partial charge in [0.05, 0.1) is 12.6 Å². The smallest absolute Gasteiger partial charge is 0.243 e. The third-order valence-corrected chi connectivity index (χ3v) is 4.89. The lowest BCUT2D eigenvalue weighted by molar-refractivity contribution is -0.125. The van der Waals surface area contributed by atoms with Gasteiger partial charge < -0.3 is 16.4 Å². The van der Waals surface area contributed by atoms with Crippen molar-refractivity contribution >= 4 is 41.7 Å². The monoisotopic (exact) mass is 407 g/mol. The maximum atomic E-state index is 12.1. The molecule has 0 aliphatic carbocycles. The Morgan fingerprint density at radius 1 is 1.07 bits per heavy atom. The van der Waals surface area contributed by atoms with Gasteiger partial charge in [-0.25, -0.2) is 0 Å². The number of aryl methyl sites for hydroxylation is 1. The molecule has 7 heteroatoms. The van der Waals surface area contributed by atoms with Gasteiger partial charge in [0, 0.05) is 15.5 Å². The molecule has 4 N–H and O–H groups in total. The molecule has 2 amide bonds. The molecule has 0 saturated carbocycles. The Morgan fingerprint density at radius 3 is 2.33 bits per heavy atom. The maximum Gasteiger partial charge on any atom is 0.243 e. The van der Waals surface area contributed by atoms with Crippen LogP contribution in [0.2, 0.25) is 0 Å². The molecule has 1 atom stereocenters. The predicted molar refractivity (Wildman–Crippen MR) is 113 cm³/mol. The molecule has 0 aliphatic heterocycles. The van der Waals surface area contributed by atoms with Crippen molar-refractivity contribution in [3.63, 3.8) is 0 Å². The van der Waals surface area contributed by atoms with Crippen LogP contribution in [0.15, 0.2) is 58.3 Å². The first-order chi connectivity index (χ1) is 12.4. The van der Waals surface area contributed by atoms with E-state index in [1.54, 1.807) is 11.8 Å². The molecule has 2 aromatic carbocycles. The van der Waals surface area contributed by atoms with Gasteiger partial charge in [0.2, 0.25) is 11.8 Å². The zero-order chi connectivity index (χ0) is 19.1. The zero-order valence-corrected chi connectivity index (χ0v) is 17.3. The first kappa shape index (κ1) is 23.0. The fraction of sp³-hybridized carbons (Fsp3) is 0.300. The fourth-order valence-corrected chi connectivity index (χ4v) is 3.18. The van der Waals surface area contributed by atoms with Crippen molar-refractivity contribution in [1.82, 2.24) is 5.32 Å². The lowest BCUT2D eigenvalue weighted by Crippen LogP contribution is -2.46. The molecular weight excluding hydrogens is 382 g/mol. The minimum atomic E-state index is -0.612. The van der Waals surface area contributed by atoms with Crippen molar-refractivity contribution in [1.29, 1.82) is 0 Å². The van der Waals surface area contributed by atoms with E-state index < -0.39 is 6.04 Å². The Labute approximate surface area is 170 Å². The lowest BCUT2D eigenvalue weighted by Gasteiger charge is -2.15. The van der Waals surface area contributed by atoms with E-state index in [9.17, 15) is 9.59 Å². The number of amides is 2. The van der Waals surface area contributed by atoms with Gasteiger partial charge in [-0.1, -0.05) is 43.8 Å². The molecule has 0 spiro atoms. The highest BCUT2D eigenvalue weighted by Gasteiger charge is 2.17. The van der Waals surface area contributed by atoms with Crippen molar-refractivity contribution in [2.75, 3.05) is 11.9 Å². The Morgan fingerprint density at radius 2 is 1.74 bits per heavy atom. The van der Waals surface area contributed by atoms with Crippen molar-refractivity contribution < 1.29 is 9.59 Å². The average molecular weight is 408 g/mol. The van der Waals surface area contributed by atoms with Crippen LogP contribution in [-0.2, 0) is 9.59 Å². The molecule has 0 radical (unpaired) electrons. The molecular formula is C20H26ClN3O2S. The summed E-state index contributed by atoms with van der Waals surface area (Å²) in [6.07, 6.45) is 0. The minimum Gasteiger partial charge on any atom is -0.346 e. The predicted octanol–water partition coefficient (Wildman–Crippen LogP) is 3.61. The molecule has 146 valence electrons. The number of benzene rings is 2. The second kappa shape index (κ2) is 11.0. The van der Waals surface area contributed by atoms with Crippen LogP contribution in [0.25, 0.3) is 0 Å². The zero-order valence-electron chi connectivity index (χ0n) is 15.7. The van der Waals surface area contributed by atoms with Gasteiger partial charge in [0.25, 0.3) is 0 Å². The van der Waals surface area contributed by atoms with Crippen LogP contribution in [0.3, 0.4) is 0 Å². The summed E-state index contributed by atoms with van der Waals surface area (Å²) in [7, 11) is 0. The molecule has 5 nitrogen and oxygen atoms in total. The Bertz CT molecular complexity index is 769. The van der Waals surface area contributed by atoms with E-state index in [1.165, 1.54) is 0 Å². The fourth-order valence-electron chi connectivity index (χ4n) is 2.25. The van der Waals surface area contributed by atoms with E-state index in [1.807, 2.05) is 57.2 Å². The van der Waals surface area contributed by atoms with Gasteiger partial charge >= 0.3 is 0 Å². The number of nitrogens with one attached hydrogen (secondary N) is 2. The van der Waals surface area contributed by atoms with Crippen molar-refractivity contribution in [2.24, 2.45) is 11.7 Å². The van der Waals surface area contributed by atoms with Crippen LogP contribution in [-0.4, -0.2) is 24.4 Å². The first-order valence-corrected chi connectivity index (χ1v) is 9.35. The van der Waals surface area contributed by atoms with Crippen LogP contribution in [0.1, 0.15) is 19.4 Å². The summed E-state index contributed by atoms with van der Waals surface area (Å²) in [5.74, 6) is -0.572. The maximum absolute atomic E-state index is 12.1. The van der Waals surface area contributed by atoms with Crippen molar-refractivity contribution in [2.45, 2.75) is 36.6 Å². The van der Waals surface area contributed by atoms with Gasteiger partial charge in [-0.3, -0.25) is 9.59 Å². The summed E-state index contributed by atoms with van der Waals surface area (Å²) in [5.41, 5.74) is 7.45. The molecule has 2 aromatic rings. The number of carbonyl (C=O) groups excluding carboxylic acids is 2. The molecule has 0 fully saturated rings. The highest BCUT2D eigenvalue weighted by atomic mass is 35.5.